The molecule has 0 radical (unpaired) electrons. The van der Waals surface area contributed by atoms with E-state index in [0.717, 1.165) is 17.5 Å². The van der Waals surface area contributed by atoms with Crippen molar-refractivity contribution in [3.63, 3.8) is 0 Å². The average molecular weight is 319 g/mol. The largest absolute Gasteiger partial charge is 0.341 e. The third kappa shape index (κ3) is 3.57. The highest BCUT2D eigenvalue weighted by Gasteiger charge is 2.17. The van der Waals surface area contributed by atoms with Gasteiger partial charge < -0.3 is 10.1 Å². The first kappa shape index (κ1) is 15.7. The lowest BCUT2D eigenvalue weighted by molar-refractivity contribution is -0.109. The molecule has 3 aromatic rings. The number of imidazole rings is 1. The molecule has 0 unspecified atom stereocenters. The fourth-order valence-electron chi connectivity index (χ4n) is 2.50. The maximum atomic E-state index is 12.5. The van der Waals surface area contributed by atoms with Gasteiger partial charge in [0, 0.05) is 5.69 Å². The number of para-hydroxylation sites is 1. The van der Waals surface area contributed by atoms with E-state index < -0.39 is 6.04 Å². The molecule has 3 rings (SSSR count). The molecule has 0 aliphatic rings. The van der Waals surface area contributed by atoms with Crippen LogP contribution in [0.5, 0.6) is 0 Å². The van der Waals surface area contributed by atoms with Gasteiger partial charge in [-0.3, -0.25) is 9.36 Å². The zero-order chi connectivity index (χ0) is 16.8. The maximum Gasteiger partial charge on any atom is 0.270 e. The Labute approximate surface area is 140 Å². The van der Waals surface area contributed by atoms with Crippen LogP contribution in [0, 0.1) is 0 Å². The summed E-state index contributed by atoms with van der Waals surface area (Å²) in [6.45, 7) is 0. The average Bonchev–Trinajstić information content (AvgIpc) is 3.12. The number of aromatic nitrogens is 2. The highest BCUT2D eigenvalue weighted by atomic mass is 16.2. The van der Waals surface area contributed by atoms with Crippen LogP contribution in [0.1, 0.15) is 16.1 Å². The fourth-order valence-corrected chi connectivity index (χ4v) is 2.50. The first-order valence-corrected chi connectivity index (χ1v) is 7.66. The molecule has 24 heavy (non-hydrogen) atoms. The molecule has 0 aliphatic carbocycles. The monoisotopic (exact) mass is 319 g/mol. The smallest absolute Gasteiger partial charge is 0.270 e. The van der Waals surface area contributed by atoms with Gasteiger partial charge in [0.25, 0.3) is 5.91 Å². The summed E-state index contributed by atoms with van der Waals surface area (Å²) in [6.07, 6.45) is 4.29. The molecule has 5 nitrogen and oxygen atoms in total. The number of aldehydes is 1. The van der Waals surface area contributed by atoms with Crippen LogP contribution < -0.4 is 5.32 Å². The molecule has 1 N–H and O–H groups in total. The Hall–Kier alpha value is -3.21. The van der Waals surface area contributed by atoms with Crippen molar-refractivity contribution in [2.75, 3.05) is 0 Å². The molecule has 1 atom stereocenters. The molecule has 0 saturated heterocycles. The Balaban J connectivity index is 1.75. The van der Waals surface area contributed by atoms with Crippen LogP contribution in [-0.4, -0.2) is 27.8 Å². The van der Waals surface area contributed by atoms with Crippen LogP contribution in [-0.2, 0) is 11.2 Å². The van der Waals surface area contributed by atoms with Crippen molar-refractivity contribution < 1.29 is 9.59 Å². The highest BCUT2D eigenvalue weighted by molar-refractivity contribution is 5.94. The minimum absolute atomic E-state index is 0.329. The van der Waals surface area contributed by atoms with Crippen molar-refractivity contribution in [2.45, 2.75) is 12.5 Å². The summed E-state index contributed by atoms with van der Waals surface area (Å²) in [5, 5.41) is 2.76. The van der Waals surface area contributed by atoms with E-state index in [1.165, 1.54) is 6.20 Å². The molecule has 1 amide bonds. The van der Waals surface area contributed by atoms with E-state index in [0.29, 0.717) is 12.1 Å². The van der Waals surface area contributed by atoms with Crippen LogP contribution >= 0.6 is 0 Å². The van der Waals surface area contributed by atoms with Gasteiger partial charge >= 0.3 is 0 Å². The summed E-state index contributed by atoms with van der Waals surface area (Å²) >= 11 is 0. The summed E-state index contributed by atoms with van der Waals surface area (Å²) < 4.78 is 1.69. The minimum Gasteiger partial charge on any atom is -0.341 e. The molecule has 0 aliphatic heterocycles. The van der Waals surface area contributed by atoms with Crippen LogP contribution in [0.25, 0.3) is 5.69 Å². The van der Waals surface area contributed by atoms with E-state index in [9.17, 15) is 9.59 Å². The van der Waals surface area contributed by atoms with Crippen molar-refractivity contribution in [2.24, 2.45) is 0 Å². The van der Waals surface area contributed by atoms with Crippen molar-refractivity contribution in [3.8, 4) is 5.69 Å². The molecule has 0 spiro atoms. The number of rotatable bonds is 6. The zero-order valence-corrected chi connectivity index (χ0v) is 13.0. The highest BCUT2D eigenvalue weighted by Crippen LogP contribution is 2.11. The van der Waals surface area contributed by atoms with Crippen molar-refractivity contribution >= 4 is 12.2 Å². The van der Waals surface area contributed by atoms with Crippen LogP contribution in [0.3, 0.4) is 0 Å². The second kappa shape index (κ2) is 7.37. The molecule has 0 bridgehead atoms. The summed E-state index contributed by atoms with van der Waals surface area (Å²) in [5.74, 6) is -0.329. The Morgan fingerprint density at radius 3 is 2.42 bits per heavy atom. The lowest BCUT2D eigenvalue weighted by atomic mass is 10.1. The van der Waals surface area contributed by atoms with Gasteiger partial charge in [0.15, 0.2) is 0 Å². The molecule has 1 aromatic heterocycles. The van der Waals surface area contributed by atoms with Crippen LogP contribution in [0.4, 0.5) is 0 Å². The lowest BCUT2D eigenvalue weighted by Crippen LogP contribution is -2.38. The fraction of sp³-hybridized carbons (Fsp3) is 0.105. The van der Waals surface area contributed by atoms with Gasteiger partial charge in [-0.1, -0.05) is 48.5 Å². The van der Waals surface area contributed by atoms with Gasteiger partial charge in [0.2, 0.25) is 0 Å². The summed E-state index contributed by atoms with van der Waals surface area (Å²) in [7, 11) is 0. The van der Waals surface area contributed by atoms with Gasteiger partial charge in [0.1, 0.15) is 12.0 Å². The summed E-state index contributed by atoms with van der Waals surface area (Å²) in [4.78, 5) is 27.9. The number of carbonyl (C=O) groups is 2. The third-order valence-electron chi connectivity index (χ3n) is 3.68. The minimum atomic E-state index is -0.584. The quantitative estimate of drug-likeness (QED) is 0.710. The number of nitrogens with zero attached hydrogens (tertiary/aromatic N) is 2. The topological polar surface area (TPSA) is 64.0 Å². The van der Waals surface area contributed by atoms with Gasteiger partial charge in [-0.15, -0.1) is 0 Å². The summed E-state index contributed by atoms with van der Waals surface area (Å²) in [5.41, 5.74) is 2.22. The third-order valence-corrected chi connectivity index (χ3v) is 3.68. The van der Waals surface area contributed by atoms with Gasteiger partial charge in [-0.2, -0.15) is 0 Å². The summed E-state index contributed by atoms with van der Waals surface area (Å²) in [6, 6.07) is 18.5. The molecule has 120 valence electrons. The molecular formula is C19H17N3O2. The van der Waals surface area contributed by atoms with Gasteiger partial charge in [-0.05, 0) is 24.1 Å². The Morgan fingerprint density at radius 2 is 1.75 bits per heavy atom. The Bertz CT molecular complexity index is 813. The lowest BCUT2D eigenvalue weighted by Gasteiger charge is -2.14. The predicted octanol–water partition coefficient (Wildman–Crippen LogP) is 2.41. The number of carbonyl (C=O) groups excluding carboxylic acids is 2. The second-order valence-electron chi connectivity index (χ2n) is 5.39. The molecule has 0 fully saturated rings. The predicted molar refractivity (Wildman–Crippen MR) is 91.0 cm³/mol. The number of hydrogen-bond donors (Lipinski definition) is 1. The van der Waals surface area contributed by atoms with Crippen LogP contribution in [0.15, 0.2) is 73.2 Å². The number of amides is 1. The normalized spacial score (nSPS) is 11.7. The van der Waals surface area contributed by atoms with E-state index in [1.807, 2.05) is 60.7 Å². The first-order valence-electron chi connectivity index (χ1n) is 7.66. The first-order chi connectivity index (χ1) is 11.8. The molecule has 5 heteroatoms. The van der Waals surface area contributed by atoms with E-state index >= 15 is 0 Å². The maximum absolute atomic E-state index is 12.5. The van der Waals surface area contributed by atoms with Crippen molar-refractivity contribution in [1.82, 2.24) is 14.9 Å². The molecule has 2 aromatic carbocycles. The SMILES string of the molecule is O=C[C@H](Cc1ccccc1)NC(=O)c1cncn1-c1ccccc1. The Morgan fingerprint density at radius 1 is 1.08 bits per heavy atom. The number of benzene rings is 2. The molecule has 1 heterocycles. The van der Waals surface area contributed by atoms with Gasteiger partial charge in [-0.25, -0.2) is 4.98 Å². The van der Waals surface area contributed by atoms with E-state index in [1.54, 1.807) is 10.9 Å². The second-order valence-corrected chi connectivity index (χ2v) is 5.39. The van der Waals surface area contributed by atoms with E-state index in [-0.39, 0.29) is 5.91 Å². The van der Waals surface area contributed by atoms with Crippen LogP contribution in [0.2, 0.25) is 0 Å². The van der Waals surface area contributed by atoms with Crippen molar-refractivity contribution in [3.05, 3.63) is 84.4 Å². The van der Waals surface area contributed by atoms with Crippen molar-refractivity contribution in [1.29, 1.82) is 0 Å². The molecule has 0 saturated carbocycles. The number of hydrogen-bond acceptors (Lipinski definition) is 3. The standard InChI is InChI=1S/C19H17N3O2/c23-13-16(11-15-7-3-1-4-8-15)21-19(24)18-12-20-14-22(18)17-9-5-2-6-10-17/h1-10,12-14,16H,11H2,(H,21,24)/t16-/m0/s1. The Kier molecular flexibility index (Phi) is 4.81. The zero-order valence-electron chi connectivity index (χ0n) is 13.0. The van der Waals surface area contributed by atoms with E-state index in [4.69, 9.17) is 0 Å². The van der Waals surface area contributed by atoms with E-state index in [2.05, 4.69) is 10.3 Å². The molecular weight excluding hydrogens is 302 g/mol. The number of nitrogens with one attached hydrogen (secondary N) is 1. The van der Waals surface area contributed by atoms with Gasteiger partial charge in [0.05, 0.1) is 18.6 Å².